The van der Waals surface area contributed by atoms with Gasteiger partial charge in [-0.05, 0) is 36.0 Å². The SMILES string of the molecule is COc1ccc(C2CCCCC2C)cc1. The van der Waals surface area contributed by atoms with Crippen molar-refractivity contribution in [3.8, 4) is 5.75 Å². The van der Waals surface area contributed by atoms with Crippen LogP contribution in [0.5, 0.6) is 5.75 Å². The highest BCUT2D eigenvalue weighted by Gasteiger charge is 2.22. The van der Waals surface area contributed by atoms with Gasteiger partial charge in [0.15, 0.2) is 0 Å². The van der Waals surface area contributed by atoms with Gasteiger partial charge in [-0.3, -0.25) is 0 Å². The van der Waals surface area contributed by atoms with Crippen molar-refractivity contribution in [1.82, 2.24) is 0 Å². The van der Waals surface area contributed by atoms with Crippen LogP contribution in [0.4, 0.5) is 0 Å². The van der Waals surface area contributed by atoms with Gasteiger partial charge < -0.3 is 4.74 Å². The van der Waals surface area contributed by atoms with Crippen LogP contribution in [0.1, 0.15) is 44.1 Å². The molecule has 1 aromatic carbocycles. The monoisotopic (exact) mass is 204 g/mol. The van der Waals surface area contributed by atoms with Crippen molar-refractivity contribution in [2.45, 2.75) is 38.5 Å². The van der Waals surface area contributed by atoms with Crippen LogP contribution < -0.4 is 4.74 Å². The molecule has 2 rings (SSSR count). The largest absolute Gasteiger partial charge is 0.497 e. The molecule has 1 aromatic rings. The predicted molar refractivity (Wildman–Crippen MR) is 63.4 cm³/mol. The number of rotatable bonds is 2. The van der Waals surface area contributed by atoms with E-state index in [1.807, 2.05) is 0 Å². The first-order valence-electron chi connectivity index (χ1n) is 5.95. The zero-order chi connectivity index (χ0) is 10.7. The molecule has 1 aliphatic rings. The number of methoxy groups -OCH3 is 1. The number of hydrogen-bond acceptors (Lipinski definition) is 1. The third kappa shape index (κ3) is 2.34. The van der Waals surface area contributed by atoms with E-state index >= 15 is 0 Å². The molecule has 0 spiro atoms. The lowest BCUT2D eigenvalue weighted by atomic mass is 9.76. The van der Waals surface area contributed by atoms with Crippen molar-refractivity contribution in [1.29, 1.82) is 0 Å². The van der Waals surface area contributed by atoms with Crippen LogP contribution in [0.25, 0.3) is 0 Å². The summed E-state index contributed by atoms with van der Waals surface area (Å²) in [5.74, 6) is 2.57. The van der Waals surface area contributed by atoms with E-state index in [0.717, 1.165) is 17.6 Å². The van der Waals surface area contributed by atoms with Gasteiger partial charge in [0, 0.05) is 0 Å². The molecule has 1 nitrogen and oxygen atoms in total. The number of hydrogen-bond donors (Lipinski definition) is 0. The summed E-state index contributed by atoms with van der Waals surface area (Å²) in [7, 11) is 1.72. The second-order valence-electron chi connectivity index (χ2n) is 4.64. The normalized spacial score (nSPS) is 26.3. The Kier molecular flexibility index (Phi) is 3.30. The highest BCUT2D eigenvalue weighted by molar-refractivity contribution is 5.29. The molecular formula is C14H20O. The summed E-state index contributed by atoms with van der Waals surface area (Å²) < 4.78 is 5.18. The van der Waals surface area contributed by atoms with Crippen LogP contribution in [0, 0.1) is 5.92 Å². The molecule has 0 N–H and O–H groups in total. The minimum atomic E-state index is 0.768. The summed E-state index contributed by atoms with van der Waals surface area (Å²) in [6.45, 7) is 2.38. The van der Waals surface area contributed by atoms with Crippen LogP contribution in [-0.4, -0.2) is 7.11 Å². The first-order valence-corrected chi connectivity index (χ1v) is 5.95. The summed E-state index contributed by atoms with van der Waals surface area (Å²) in [6.07, 6.45) is 5.54. The second kappa shape index (κ2) is 4.69. The lowest BCUT2D eigenvalue weighted by molar-refractivity contribution is 0.330. The molecular weight excluding hydrogens is 184 g/mol. The van der Waals surface area contributed by atoms with Gasteiger partial charge in [-0.1, -0.05) is 38.3 Å². The minimum absolute atomic E-state index is 0.768. The van der Waals surface area contributed by atoms with Gasteiger partial charge in [0.1, 0.15) is 5.75 Å². The van der Waals surface area contributed by atoms with E-state index in [9.17, 15) is 0 Å². The molecule has 1 aliphatic carbocycles. The second-order valence-corrected chi connectivity index (χ2v) is 4.64. The molecule has 0 heterocycles. The smallest absolute Gasteiger partial charge is 0.118 e. The zero-order valence-corrected chi connectivity index (χ0v) is 9.70. The van der Waals surface area contributed by atoms with Gasteiger partial charge in [-0.2, -0.15) is 0 Å². The molecule has 1 heteroatoms. The standard InChI is InChI=1S/C14H20O/c1-11-5-3-4-6-14(11)12-7-9-13(15-2)10-8-12/h7-11,14H,3-6H2,1-2H3. The van der Waals surface area contributed by atoms with Crippen molar-refractivity contribution < 1.29 is 4.74 Å². The summed E-state index contributed by atoms with van der Waals surface area (Å²) in [4.78, 5) is 0. The molecule has 15 heavy (non-hydrogen) atoms. The molecule has 0 saturated heterocycles. The summed E-state index contributed by atoms with van der Waals surface area (Å²) in [5, 5.41) is 0. The van der Waals surface area contributed by atoms with Crippen LogP contribution >= 0.6 is 0 Å². The fourth-order valence-electron chi connectivity index (χ4n) is 2.66. The Labute approximate surface area is 92.5 Å². The van der Waals surface area contributed by atoms with Gasteiger partial charge in [-0.15, -0.1) is 0 Å². The highest BCUT2D eigenvalue weighted by Crippen LogP contribution is 2.37. The molecule has 1 saturated carbocycles. The number of benzene rings is 1. The topological polar surface area (TPSA) is 9.23 Å². The van der Waals surface area contributed by atoms with Crippen LogP contribution in [0.3, 0.4) is 0 Å². The summed E-state index contributed by atoms with van der Waals surface area (Å²) in [6, 6.07) is 8.62. The molecule has 0 amide bonds. The quantitative estimate of drug-likeness (QED) is 0.707. The fourth-order valence-corrected chi connectivity index (χ4v) is 2.66. The van der Waals surface area contributed by atoms with Crippen LogP contribution in [0.2, 0.25) is 0 Å². The third-order valence-electron chi connectivity index (χ3n) is 3.66. The maximum absolute atomic E-state index is 5.18. The summed E-state index contributed by atoms with van der Waals surface area (Å²) >= 11 is 0. The van der Waals surface area contributed by atoms with Crippen molar-refractivity contribution in [3.63, 3.8) is 0 Å². The van der Waals surface area contributed by atoms with E-state index in [0.29, 0.717) is 0 Å². The Bertz CT molecular complexity index is 302. The Hall–Kier alpha value is -0.980. The zero-order valence-electron chi connectivity index (χ0n) is 9.70. The summed E-state index contributed by atoms with van der Waals surface area (Å²) in [5.41, 5.74) is 1.49. The van der Waals surface area contributed by atoms with E-state index in [1.165, 1.54) is 31.2 Å². The maximum Gasteiger partial charge on any atom is 0.118 e. The average Bonchev–Trinajstić information content (AvgIpc) is 2.30. The van der Waals surface area contributed by atoms with Crippen LogP contribution in [0.15, 0.2) is 24.3 Å². The van der Waals surface area contributed by atoms with E-state index < -0.39 is 0 Å². The molecule has 0 bridgehead atoms. The Morgan fingerprint density at radius 1 is 1.07 bits per heavy atom. The highest BCUT2D eigenvalue weighted by atomic mass is 16.5. The Balaban J connectivity index is 2.13. The van der Waals surface area contributed by atoms with E-state index in [-0.39, 0.29) is 0 Å². The lowest BCUT2D eigenvalue weighted by Gasteiger charge is -2.29. The van der Waals surface area contributed by atoms with Crippen LogP contribution in [-0.2, 0) is 0 Å². The minimum Gasteiger partial charge on any atom is -0.497 e. The van der Waals surface area contributed by atoms with Gasteiger partial charge in [0.25, 0.3) is 0 Å². The first kappa shape index (κ1) is 10.5. The van der Waals surface area contributed by atoms with Gasteiger partial charge in [-0.25, -0.2) is 0 Å². The molecule has 0 aliphatic heterocycles. The van der Waals surface area contributed by atoms with E-state index in [4.69, 9.17) is 4.74 Å². The molecule has 0 aromatic heterocycles. The number of ether oxygens (including phenoxy) is 1. The Morgan fingerprint density at radius 2 is 1.73 bits per heavy atom. The Morgan fingerprint density at radius 3 is 2.33 bits per heavy atom. The molecule has 0 radical (unpaired) electrons. The fraction of sp³-hybridized carbons (Fsp3) is 0.571. The third-order valence-corrected chi connectivity index (χ3v) is 3.66. The molecule has 2 atom stereocenters. The van der Waals surface area contributed by atoms with Crippen molar-refractivity contribution >= 4 is 0 Å². The molecule has 2 unspecified atom stereocenters. The first-order chi connectivity index (χ1) is 7.31. The van der Waals surface area contributed by atoms with E-state index in [2.05, 4.69) is 31.2 Å². The van der Waals surface area contributed by atoms with E-state index in [1.54, 1.807) is 7.11 Å². The van der Waals surface area contributed by atoms with Crippen molar-refractivity contribution in [2.75, 3.05) is 7.11 Å². The maximum atomic E-state index is 5.18. The van der Waals surface area contributed by atoms with Crippen molar-refractivity contribution in [3.05, 3.63) is 29.8 Å². The van der Waals surface area contributed by atoms with Gasteiger partial charge in [0.05, 0.1) is 7.11 Å². The predicted octanol–water partition coefficient (Wildman–Crippen LogP) is 3.99. The van der Waals surface area contributed by atoms with Crippen molar-refractivity contribution in [2.24, 2.45) is 5.92 Å². The van der Waals surface area contributed by atoms with Gasteiger partial charge in [0.2, 0.25) is 0 Å². The molecule has 82 valence electrons. The lowest BCUT2D eigenvalue weighted by Crippen LogP contribution is -2.14. The molecule has 1 fully saturated rings. The average molecular weight is 204 g/mol. The van der Waals surface area contributed by atoms with Gasteiger partial charge >= 0.3 is 0 Å².